The number of hydrogen-bond donors (Lipinski definition) is 1. The molecule has 4 heteroatoms. The number of carbonyl (C=O) groups is 1. The molecule has 4 nitrogen and oxygen atoms in total. The number of hydrogen-bond acceptors (Lipinski definition) is 4. The molecule has 17 heavy (non-hydrogen) atoms. The van der Waals surface area contributed by atoms with E-state index in [1.807, 2.05) is 6.92 Å². The minimum absolute atomic E-state index is 0.116. The highest BCUT2D eigenvalue weighted by Gasteiger charge is 2.28. The van der Waals surface area contributed by atoms with Crippen LogP contribution in [0.2, 0.25) is 0 Å². The lowest BCUT2D eigenvalue weighted by atomic mass is 10.1. The molecule has 3 atom stereocenters. The van der Waals surface area contributed by atoms with E-state index in [0.717, 1.165) is 32.1 Å². The van der Waals surface area contributed by atoms with Gasteiger partial charge in [0.1, 0.15) is 6.04 Å². The number of methoxy groups -OCH3 is 1. The van der Waals surface area contributed by atoms with Crippen molar-refractivity contribution in [3.8, 4) is 0 Å². The lowest BCUT2D eigenvalue weighted by molar-refractivity contribution is -0.146. The van der Waals surface area contributed by atoms with E-state index in [-0.39, 0.29) is 12.0 Å². The molecule has 0 bridgehead atoms. The first-order valence-corrected chi connectivity index (χ1v) is 6.66. The van der Waals surface area contributed by atoms with Crippen molar-refractivity contribution in [2.24, 2.45) is 0 Å². The second-order valence-corrected chi connectivity index (χ2v) is 4.63. The number of esters is 1. The standard InChI is InChI=1S/C13H25NO3/c1-4-6-12(13(15)17-5-2)14-10-7-8-11(9-10)16-3/h10-12,14H,4-9H2,1-3H3. The van der Waals surface area contributed by atoms with Crippen LogP contribution in [0, 0.1) is 0 Å². The molecular formula is C13H25NO3. The van der Waals surface area contributed by atoms with E-state index >= 15 is 0 Å². The molecule has 0 aromatic rings. The molecule has 0 amide bonds. The first-order chi connectivity index (χ1) is 8.21. The Balaban J connectivity index is 2.41. The van der Waals surface area contributed by atoms with E-state index in [4.69, 9.17) is 9.47 Å². The summed E-state index contributed by atoms with van der Waals surface area (Å²) in [6, 6.07) is 0.237. The van der Waals surface area contributed by atoms with Gasteiger partial charge in [-0.05, 0) is 32.6 Å². The number of carbonyl (C=O) groups excluding carboxylic acids is 1. The Kier molecular flexibility index (Phi) is 6.52. The van der Waals surface area contributed by atoms with Gasteiger partial charge in [0.2, 0.25) is 0 Å². The van der Waals surface area contributed by atoms with Gasteiger partial charge in [0.15, 0.2) is 0 Å². The molecule has 3 unspecified atom stereocenters. The molecule has 0 radical (unpaired) electrons. The van der Waals surface area contributed by atoms with Gasteiger partial charge in [-0.1, -0.05) is 13.3 Å². The minimum atomic E-state index is -0.152. The highest BCUT2D eigenvalue weighted by molar-refractivity contribution is 5.75. The molecule has 1 fully saturated rings. The largest absolute Gasteiger partial charge is 0.465 e. The summed E-state index contributed by atoms with van der Waals surface area (Å²) in [7, 11) is 1.75. The number of nitrogens with one attached hydrogen (secondary N) is 1. The monoisotopic (exact) mass is 243 g/mol. The zero-order valence-corrected chi connectivity index (χ0v) is 11.2. The van der Waals surface area contributed by atoms with Crippen molar-refractivity contribution in [3.63, 3.8) is 0 Å². The number of rotatable bonds is 7. The van der Waals surface area contributed by atoms with E-state index in [1.54, 1.807) is 7.11 Å². The summed E-state index contributed by atoms with van der Waals surface area (Å²) in [5.74, 6) is -0.116. The Labute approximate surface area is 104 Å². The van der Waals surface area contributed by atoms with Crippen molar-refractivity contribution < 1.29 is 14.3 Å². The van der Waals surface area contributed by atoms with Crippen LogP contribution in [0.4, 0.5) is 0 Å². The van der Waals surface area contributed by atoms with Crippen LogP contribution >= 0.6 is 0 Å². The van der Waals surface area contributed by atoms with Gasteiger partial charge >= 0.3 is 5.97 Å². The molecule has 0 aromatic heterocycles. The van der Waals surface area contributed by atoms with Crippen molar-refractivity contribution in [2.45, 2.75) is 64.1 Å². The SMILES string of the molecule is CCCC(NC1CCC(OC)C1)C(=O)OCC. The summed E-state index contributed by atoms with van der Waals surface area (Å²) in [4.78, 5) is 11.8. The van der Waals surface area contributed by atoms with E-state index in [9.17, 15) is 4.79 Å². The predicted octanol–water partition coefficient (Wildman–Crippen LogP) is 1.88. The average Bonchev–Trinajstić information content (AvgIpc) is 2.76. The van der Waals surface area contributed by atoms with E-state index < -0.39 is 0 Å². The van der Waals surface area contributed by atoms with Gasteiger partial charge in [-0.15, -0.1) is 0 Å². The van der Waals surface area contributed by atoms with Gasteiger partial charge < -0.3 is 14.8 Å². The fourth-order valence-corrected chi connectivity index (χ4v) is 2.39. The molecule has 0 spiro atoms. The number of ether oxygens (including phenoxy) is 2. The highest BCUT2D eigenvalue weighted by atomic mass is 16.5. The van der Waals surface area contributed by atoms with Gasteiger partial charge in [-0.25, -0.2) is 0 Å². The molecule has 0 heterocycles. The third-order valence-corrected chi connectivity index (χ3v) is 3.30. The summed E-state index contributed by atoms with van der Waals surface area (Å²) in [6.45, 7) is 4.38. The molecule has 0 aliphatic heterocycles. The summed E-state index contributed by atoms with van der Waals surface area (Å²) in [5.41, 5.74) is 0. The minimum Gasteiger partial charge on any atom is -0.465 e. The third kappa shape index (κ3) is 4.64. The van der Waals surface area contributed by atoms with E-state index in [0.29, 0.717) is 18.8 Å². The summed E-state index contributed by atoms with van der Waals surface area (Å²) >= 11 is 0. The van der Waals surface area contributed by atoms with Crippen LogP contribution in [0.15, 0.2) is 0 Å². The Hall–Kier alpha value is -0.610. The van der Waals surface area contributed by atoms with Gasteiger partial charge in [0, 0.05) is 13.2 Å². The summed E-state index contributed by atoms with van der Waals surface area (Å²) in [6.07, 6.45) is 5.32. The zero-order chi connectivity index (χ0) is 12.7. The van der Waals surface area contributed by atoms with Crippen LogP contribution in [-0.4, -0.2) is 37.9 Å². The molecule has 1 N–H and O–H groups in total. The quantitative estimate of drug-likeness (QED) is 0.694. The molecular weight excluding hydrogens is 218 g/mol. The first-order valence-electron chi connectivity index (χ1n) is 6.66. The highest BCUT2D eigenvalue weighted by Crippen LogP contribution is 2.22. The Morgan fingerprint density at radius 1 is 1.41 bits per heavy atom. The van der Waals surface area contributed by atoms with Gasteiger partial charge in [-0.2, -0.15) is 0 Å². The van der Waals surface area contributed by atoms with Crippen molar-refractivity contribution in [1.82, 2.24) is 5.32 Å². The van der Waals surface area contributed by atoms with Gasteiger partial charge in [0.05, 0.1) is 12.7 Å². The van der Waals surface area contributed by atoms with Gasteiger partial charge in [0.25, 0.3) is 0 Å². The summed E-state index contributed by atoms with van der Waals surface area (Å²) in [5, 5.41) is 3.41. The molecule has 0 aromatic carbocycles. The van der Waals surface area contributed by atoms with E-state index in [2.05, 4.69) is 12.2 Å². The molecule has 1 aliphatic rings. The zero-order valence-electron chi connectivity index (χ0n) is 11.2. The van der Waals surface area contributed by atoms with Crippen LogP contribution in [-0.2, 0) is 14.3 Å². The lowest BCUT2D eigenvalue weighted by Crippen LogP contribution is -2.43. The lowest BCUT2D eigenvalue weighted by Gasteiger charge is -2.21. The smallest absolute Gasteiger partial charge is 0.323 e. The maximum atomic E-state index is 11.8. The van der Waals surface area contributed by atoms with Crippen LogP contribution < -0.4 is 5.32 Å². The Morgan fingerprint density at radius 3 is 2.71 bits per heavy atom. The fraction of sp³-hybridized carbons (Fsp3) is 0.923. The molecule has 0 saturated heterocycles. The third-order valence-electron chi connectivity index (χ3n) is 3.30. The predicted molar refractivity (Wildman–Crippen MR) is 66.9 cm³/mol. The molecule has 1 aliphatic carbocycles. The maximum Gasteiger partial charge on any atom is 0.323 e. The van der Waals surface area contributed by atoms with Crippen molar-refractivity contribution >= 4 is 5.97 Å². The topological polar surface area (TPSA) is 47.6 Å². The molecule has 1 saturated carbocycles. The summed E-state index contributed by atoms with van der Waals surface area (Å²) < 4.78 is 10.4. The maximum absolute atomic E-state index is 11.8. The van der Waals surface area contributed by atoms with Crippen LogP contribution in [0.25, 0.3) is 0 Å². The molecule has 1 rings (SSSR count). The Morgan fingerprint density at radius 2 is 2.18 bits per heavy atom. The van der Waals surface area contributed by atoms with Crippen LogP contribution in [0.1, 0.15) is 46.0 Å². The van der Waals surface area contributed by atoms with Crippen molar-refractivity contribution in [1.29, 1.82) is 0 Å². The van der Waals surface area contributed by atoms with Crippen LogP contribution in [0.5, 0.6) is 0 Å². The molecule has 100 valence electrons. The first kappa shape index (κ1) is 14.5. The van der Waals surface area contributed by atoms with Gasteiger partial charge in [-0.3, -0.25) is 4.79 Å². The van der Waals surface area contributed by atoms with Crippen LogP contribution in [0.3, 0.4) is 0 Å². The van der Waals surface area contributed by atoms with E-state index in [1.165, 1.54) is 0 Å². The van der Waals surface area contributed by atoms with Crippen molar-refractivity contribution in [2.75, 3.05) is 13.7 Å². The second kappa shape index (κ2) is 7.67. The Bertz CT molecular complexity index is 233. The van der Waals surface area contributed by atoms with Crippen molar-refractivity contribution in [3.05, 3.63) is 0 Å². The fourth-order valence-electron chi connectivity index (χ4n) is 2.39. The normalized spacial score (nSPS) is 25.8. The second-order valence-electron chi connectivity index (χ2n) is 4.63. The average molecular weight is 243 g/mol.